The second kappa shape index (κ2) is 5.75. The normalized spacial score (nSPS) is 24.3. The van der Waals surface area contributed by atoms with Gasteiger partial charge in [-0.1, -0.05) is 37.0 Å². The van der Waals surface area contributed by atoms with E-state index in [0.29, 0.717) is 12.8 Å². The predicted octanol–water partition coefficient (Wildman–Crippen LogP) is 3.37. The lowest BCUT2D eigenvalue weighted by atomic mass is 9.73. The number of hydrogen-bond donors (Lipinski definition) is 0. The summed E-state index contributed by atoms with van der Waals surface area (Å²) < 4.78 is 0. The summed E-state index contributed by atoms with van der Waals surface area (Å²) in [5.41, 5.74) is 3.23. The van der Waals surface area contributed by atoms with E-state index in [1.807, 2.05) is 32.9 Å². The van der Waals surface area contributed by atoms with Crippen LogP contribution >= 0.6 is 0 Å². The largest absolute Gasteiger partial charge is 0.295 e. The Morgan fingerprint density at radius 1 is 1.04 bits per heavy atom. The smallest absolute Gasteiger partial charge is 0.261 e. The van der Waals surface area contributed by atoms with Crippen LogP contribution in [0.25, 0.3) is 0 Å². The molecule has 3 rings (SSSR count). The van der Waals surface area contributed by atoms with Crippen molar-refractivity contribution in [3.05, 3.63) is 34.4 Å². The van der Waals surface area contributed by atoms with E-state index in [9.17, 15) is 9.59 Å². The van der Waals surface area contributed by atoms with Gasteiger partial charge in [0.15, 0.2) is 11.4 Å². The molecule has 1 aliphatic heterocycles. The molecule has 1 saturated heterocycles. The molecule has 0 bridgehead atoms. The van der Waals surface area contributed by atoms with Gasteiger partial charge in [0, 0.05) is 7.05 Å². The van der Waals surface area contributed by atoms with Gasteiger partial charge in [0.05, 0.1) is 0 Å². The summed E-state index contributed by atoms with van der Waals surface area (Å²) in [6.07, 6.45) is 4.51. The Kier molecular flexibility index (Phi) is 4.05. The van der Waals surface area contributed by atoms with Gasteiger partial charge in [-0.3, -0.25) is 14.4 Å². The van der Waals surface area contributed by atoms with Crippen molar-refractivity contribution in [1.29, 1.82) is 0 Å². The fourth-order valence-corrected chi connectivity index (χ4v) is 4.27. The number of benzene rings is 1. The zero-order valence-corrected chi connectivity index (χ0v) is 14.4. The Hall–Kier alpha value is -1.68. The molecule has 4 nitrogen and oxygen atoms in total. The van der Waals surface area contributed by atoms with Gasteiger partial charge >= 0.3 is 0 Å². The maximum absolute atomic E-state index is 13.3. The molecule has 124 valence electrons. The van der Waals surface area contributed by atoms with E-state index in [4.69, 9.17) is 4.84 Å². The van der Waals surface area contributed by atoms with Crippen molar-refractivity contribution in [3.8, 4) is 0 Å². The number of carbonyl (C=O) groups is 2. The first-order chi connectivity index (χ1) is 10.9. The van der Waals surface area contributed by atoms with Crippen LogP contribution in [0.2, 0.25) is 0 Å². The van der Waals surface area contributed by atoms with E-state index in [-0.39, 0.29) is 11.7 Å². The first-order valence-corrected chi connectivity index (χ1v) is 8.44. The summed E-state index contributed by atoms with van der Waals surface area (Å²) in [5, 5.41) is 1.30. The Labute approximate surface area is 137 Å². The first kappa shape index (κ1) is 16.2. The molecule has 1 aromatic rings. The number of Topliss-reactive ketones (excluding diaryl/α,β-unsaturated/α-hetero) is 1. The number of carbonyl (C=O) groups excluding carboxylic acids is 2. The highest BCUT2D eigenvalue weighted by atomic mass is 16.7. The fourth-order valence-electron chi connectivity index (χ4n) is 4.27. The van der Waals surface area contributed by atoms with E-state index in [0.717, 1.165) is 41.5 Å². The second-order valence-electron chi connectivity index (χ2n) is 7.09. The first-order valence-electron chi connectivity index (χ1n) is 8.44. The average Bonchev–Trinajstić information content (AvgIpc) is 2.49. The summed E-state index contributed by atoms with van der Waals surface area (Å²) in [4.78, 5) is 31.8. The molecule has 1 aliphatic carbocycles. The molecule has 1 atom stereocenters. The van der Waals surface area contributed by atoms with Gasteiger partial charge in [-0.25, -0.2) is 5.06 Å². The predicted molar refractivity (Wildman–Crippen MR) is 88.1 cm³/mol. The van der Waals surface area contributed by atoms with Crippen LogP contribution in [0.3, 0.4) is 0 Å². The van der Waals surface area contributed by atoms with Gasteiger partial charge in [-0.15, -0.1) is 0 Å². The van der Waals surface area contributed by atoms with Crippen molar-refractivity contribution >= 4 is 11.7 Å². The second-order valence-corrected chi connectivity index (χ2v) is 7.09. The third kappa shape index (κ3) is 2.59. The molecule has 4 heteroatoms. The van der Waals surface area contributed by atoms with Crippen molar-refractivity contribution in [2.45, 2.75) is 64.4 Å². The van der Waals surface area contributed by atoms with Gasteiger partial charge in [0.2, 0.25) is 0 Å². The molecular weight excluding hydrogens is 290 g/mol. The maximum atomic E-state index is 13.3. The number of likely N-dealkylation sites (N-methyl/N-ethyl adjacent to an activating group) is 1. The minimum atomic E-state index is -0.810. The van der Waals surface area contributed by atoms with Crippen LogP contribution in [0.1, 0.15) is 60.3 Å². The number of nitrogens with zero attached hydrogens (tertiary/aromatic N) is 1. The third-order valence-electron chi connectivity index (χ3n) is 5.27. The number of hydrogen-bond acceptors (Lipinski definition) is 3. The monoisotopic (exact) mass is 315 g/mol. The molecule has 1 unspecified atom stereocenters. The molecule has 1 heterocycles. The van der Waals surface area contributed by atoms with Crippen LogP contribution in [0.4, 0.5) is 0 Å². The lowest BCUT2D eigenvalue weighted by Gasteiger charge is -2.44. The van der Waals surface area contributed by atoms with E-state index in [2.05, 4.69) is 0 Å². The van der Waals surface area contributed by atoms with Crippen LogP contribution in [0.15, 0.2) is 12.1 Å². The summed E-state index contributed by atoms with van der Waals surface area (Å²) >= 11 is 0. The maximum Gasteiger partial charge on any atom is 0.261 e. The summed E-state index contributed by atoms with van der Waals surface area (Å²) in [7, 11) is 1.64. The summed E-state index contributed by atoms with van der Waals surface area (Å²) in [5.74, 6) is -1.02. The quantitative estimate of drug-likeness (QED) is 0.747. The number of rotatable bonds is 1. The van der Waals surface area contributed by atoms with Gasteiger partial charge in [0.1, 0.15) is 5.92 Å². The highest BCUT2D eigenvalue weighted by Crippen LogP contribution is 2.42. The fraction of sp³-hybridized carbons (Fsp3) is 0.579. The van der Waals surface area contributed by atoms with Crippen molar-refractivity contribution in [3.63, 3.8) is 0 Å². The molecular formula is C19H25NO3. The van der Waals surface area contributed by atoms with Crippen molar-refractivity contribution in [2.24, 2.45) is 0 Å². The van der Waals surface area contributed by atoms with Crippen LogP contribution in [0, 0.1) is 20.8 Å². The minimum absolute atomic E-state index is 0.0460. The van der Waals surface area contributed by atoms with Crippen molar-refractivity contribution in [2.75, 3.05) is 7.05 Å². The van der Waals surface area contributed by atoms with E-state index in [1.165, 1.54) is 5.06 Å². The standard InChI is InChI=1S/C19H25NO3/c1-12-10-13(2)15(14(3)11-12)16-17(21)19(8-6-5-7-9-19)23-20(4)18(16)22/h10-11,16H,5-9H2,1-4H3. The molecule has 1 saturated carbocycles. The molecule has 2 aliphatic rings. The highest BCUT2D eigenvalue weighted by molar-refractivity contribution is 6.11. The van der Waals surface area contributed by atoms with E-state index in [1.54, 1.807) is 7.05 Å². The van der Waals surface area contributed by atoms with Crippen LogP contribution in [-0.4, -0.2) is 29.4 Å². The Bertz CT molecular complexity index is 636. The SMILES string of the molecule is Cc1cc(C)c(C2C(=O)N(C)OC3(CCCCC3)C2=O)c(C)c1. The van der Waals surface area contributed by atoms with Crippen LogP contribution in [-0.2, 0) is 14.4 Å². The highest BCUT2D eigenvalue weighted by Gasteiger charge is 2.53. The van der Waals surface area contributed by atoms with Gasteiger partial charge in [-0.05, 0) is 50.3 Å². The molecule has 0 radical (unpaired) electrons. The molecule has 0 aromatic heterocycles. The zero-order chi connectivity index (χ0) is 16.8. The lowest BCUT2D eigenvalue weighted by molar-refractivity contribution is -0.248. The summed E-state index contributed by atoms with van der Waals surface area (Å²) in [6.45, 7) is 6.00. The number of amides is 1. The van der Waals surface area contributed by atoms with Gasteiger partial charge < -0.3 is 0 Å². The summed E-state index contributed by atoms with van der Waals surface area (Å²) in [6, 6.07) is 4.10. The minimum Gasteiger partial charge on any atom is -0.295 e. The Morgan fingerprint density at radius 3 is 2.17 bits per heavy atom. The molecule has 23 heavy (non-hydrogen) atoms. The van der Waals surface area contributed by atoms with Crippen LogP contribution in [0.5, 0.6) is 0 Å². The zero-order valence-electron chi connectivity index (χ0n) is 14.4. The molecule has 1 amide bonds. The topological polar surface area (TPSA) is 46.6 Å². The van der Waals surface area contributed by atoms with Crippen LogP contribution < -0.4 is 0 Å². The lowest BCUT2D eigenvalue weighted by Crippen LogP contribution is -2.58. The Balaban J connectivity index is 2.09. The molecule has 2 fully saturated rings. The van der Waals surface area contributed by atoms with Gasteiger partial charge in [-0.2, -0.15) is 0 Å². The third-order valence-corrected chi connectivity index (χ3v) is 5.27. The van der Waals surface area contributed by atoms with Gasteiger partial charge in [0.25, 0.3) is 5.91 Å². The van der Waals surface area contributed by atoms with Crippen molar-refractivity contribution < 1.29 is 14.4 Å². The number of hydroxylamine groups is 2. The average molecular weight is 315 g/mol. The number of ketones is 1. The Morgan fingerprint density at radius 2 is 1.61 bits per heavy atom. The molecule has 0 N–H and O–H groups in total. The molecule has 1 aromatic carbocycles. The molecule has 1 spiro atoms. The van der Waals surface area contributed by atoms with Crippen molar-refractivity contribution in [1.82, 2.24) is 5.06 Å². The van der Waals surface area contributed by atoms with E-state index < -0.39 is 11.5 Å². The number of aryl methyl sites for hydroxylation is 3. The van der Waals surface area contributed by atoms with E-state index >= 15 is 0 Å².